The van der Waals surface area contributed by atoms with Crippen LogP contribution in [0, 0.1) is 13.8 Å². The number of carbonyl (C=O) groups excluding carboxylic acids is 2. The number of hydrogen-bond donors (Lipinski definition) is 3. The van der Waals surface area contributed by atoms with Gasteiger partial charge in [0.25, 0.3) is 11.8 Å². The number of nitrogens with zero attached hydrogens (tertiary/aromatic N) is 4. The number of fused-ring (bicyclic) bond motifs is 1. The number of nitrogens with one attached hydrogen (secondary N) is 3. The molecule has 4 heterocycles. The van der Waals surface area contributed by atoms with Gasteiger partial charge in [0, 0.05) is 47.5 Å². The molecule has 4 aromatic rings. The molecule has 2 amide bonds. The number of likely N-dealkylation sites (N-methyl/N-ethyl adjacent to an activating group) is 1. The summed E-state index contributed by atoms with van der Waals surface area (Å²) in [4.78, 5) is 36.0. The number of amides is 2. The lowest BCUT2D eigenvalue weighted by molar-refractivity contribution is -0.110. The fraction of sp³-hybridized carbons (Fsp3) is 0.267. The second kappa shape index (κ2) is 11.1. The standard InChI is InChI=1S/C30H33N7O2/c1-5-36(6-2)16-15-32-30(39)28-19(3)25(34-20(28)4)18-23-22-17-21(10-11-24(22)35-29(23)38)26-12-14-33-37(26)27-9-7-8-13-31-27/h7-14,17-18,34H,5-6,15-16H2,1-4H3,(H,32,39)(H,35,38)/b23-18-. The third kappa shape index (κ3) is 5.13. The number of anilines is 1. The van der Waals surface area contributed by atoms with Gasteiger partial charge in [-0.05, 0) is 68.9 Å². The lowest BCUT2D eigenvalue weighted by atomic mass is 10.0. The highest BCUT2D eigenvalue weighted by Gasteiger charge is 2.26. The molecule has 0 radical (unpaired) electrons. The van der Waals surface area contributed by atoms with Crippen molar-refractivity contribution in [3.8, 4) is 17.1 Å². The van der Waals surface area contributed by atoms with Gasteiger partial charge in [-0.2, -0.15) is 5.10 Å². The first-order chi connectivity index (χ1) is 18.9. The summed E-state index contributed by atoms with van der Waals surface area (Å²) < 4.78 is 1.78. The normalized spacial score (nSPS) is 13.7. The summed E-state index contributed by atoms with van der Waals surface area (Å²) in [6.07, 6.45) is 5.29. The number of aryl methyl sites for hydroxylation is 1. The van der Waals surface area contributed by atoms with Crippen LogP contribution in [0.15, 0.2) is 54.9 Å². The maximum absolute atomic E-state index is 13.0. The van der Waals surface area contributed by atoms with Gasteiger partial charge in [0.2, 0.25) is 0 Å². The van der Waals surface area contributed by atoms with E-state index < -0.39 is 0 Å². The van der Waals surface area contributed by atoms with Gasteiger partial charge in [0.05, 0.1) is 23.0 Å². The third-order valence-corrected chi connectivity index (χ3v) is 7.21. The summed E-state index contributed by atoms with van der Waals surface area (Å²) in [6.45, 7) is 11.3. The van der Waals surface area contributed by atoms with Crippen molar-refractivity contribution in [1.82, 2.24) is 30.0 Å². The first kappa shape index (κ1) is 26.1. The molecule has 0 saturated carbocycles. The van der Waals surface area contributed by atoms with Crippen LogP contribution in [0.1, 0.15) is 46.7 Å². The molecule has 3 aromatic heterocycles. The summed E-state index contributed by atoms with van der Waals surface area (Å²) in [6, 6.07) is 13.5. The van der Waals surface area contributed by atoms with Crippen LogP contribution in [-0.2, 0) is 4.79 Å². The predicted molar refractivity (Wildman–Crippen MR) is 154 cm³/mol. The van der Waals surface area contributed by atoms with Crippen molar-refractivity contribution in [2.45, 2.75) is 27.7 Å². The van der Waals surface area contributed by atoms with E-state index in [1.54, 1.807) is 17.1 Å². The number of rotatable bonds is 9. The van der Waals surface area contributed by atoms with Crippen LogP contribution < -0.4 is 10.6 Å². The molecule has 0 saturated heterocycles. The Morgan fingerprint density at radius 1 is 1.10 bits per heavy atom. The molecule has 0 bridgehead atoms. The Bertz CT molecular complexity index is 1540. The Kier molecular flexibility index (Phi) is 7.42. The van der Waals surface area contributed by atoms with Crippen LogP contribution in [-0.4, -0.2) is 62.6 Å². The lowest BCUT2D eigenvalue weighted by Crippen LogP contribution is -2.35. The highest BCUT2D eigenvalue weighted by Crippen LogP contribution is 2.37. The third-order valence-electron chi connectivity index (χ3n) is 7.21. The van der Waals surface area contributed by atoms with Gasteiger partial charge < -0.3 is 20.5 Å². The fourth-order valence-corrected chi connectivity index (χ4v) is 5.03. The van der Waals surface area contributed by atoms with Gasteiger partial charge in [-0.25, -0.2) is 9.67 Å². The molecule has 200 valence electrons. The topological polar surface area (TPSA) is 108 Å². The minimum atomic E-state index is -0.183. The molecule has 1 aromatic carbocycles. The molecule has 39 heavy (non-hydrogen) atoms. The monoisotopic (exact) mass is 523 g/mol. The molecule has 1 aliphatic rings. The highest BCUT2D eigenvalue weighted by molar-refractivity contribution is 6.35. The van der Waals surface area contributed by atoms with E-state index in [0.717, 1.165) is 59.1 Å². The number of hydrogen-bond acceptors (Lipinski definition) is 5. The van der Waals surface area contributed by atoms with Gasteiger partial charge in [0.15, 0.2) is 5.82 Å². The van der Waals surface area contributed by atoms with E-state index in [4.69, 9.17) is 0 Å². The number of aromatic amines is 1. The summed E-state index contributed by atoms with van der Waals surface area (Å²) in [5.74, 6) is 0.417. The summed E-state index contributed by atoms with van der Waals surface area (Å²) >= 11 is 0. The average molecular weight is 524 g/mol. The Morgan fingerprint density at radius 3 is 2.67 bits per heavy atom. The zero-order valence-electron chi connectivity index (χ0n) is 22.7. The largest absolute Gasteiger partial charge is 0.358 e. The van der Waals surface area contributed by atoms with E-state index in [-0.39, 0.29) is 11.8 Å². The van der Waals surface area contributed by atoms with E-state index in [9.17, 15) is 9.59 Å². The van der Waals surface area contributed by atoms with Crippen LogP contribution >= 0.6 is 0 Å². The second-order valence-electron chi connectivity index (χ2n) is 9.54. The smallest absolute Gasteiger partial charge is 0.256 e. The molecule has 0 fully saturated rings. The minimum Gasteiger partial charge on any atom is -0.358 e. The molecule has 0 spiro atoms. The van der Waals surface area contributed by atoms with E-state index in [1.165, 1.54) is 0 Å². The minimum absolute atomic E-state index is 0.112. The van der Waals surface area contributed by atoms with Gasteiger partial charge in [-0.1, -0.05) is 26.0 Å². The Hall–Kier alpha value is -4.50. The van der Waals surface area contributed by atoms with Crippen LogP contribution in [0.2, 0.25) is 0 Å². The fourth-order valence-electron chi connectivity index (χ4n) is 5.03. The molecule has 0 atom stereocenters. The van der Waals surface area contributed by atoms with Crippen LogP contribution in [0.25, 0.3) is 28.7 Å². The van der Waals surface area contributed by atoms with Crippen LogP contribution in [0.3, 0.4) is 0 Å². The lowest BCUT2D eigenvalue weighted by Gasteiger charge is -2.18. The van der Waals surface area contributed by atoms with Crippen molar-refractivity contribution in [3.63, 3.8) is 0 Å². The predicted octanol–water partition coefficient (Wildman–Crippen LogP) is 4.44. The Labute approximate surface area is 228 Å². The van der Waals surface area contributed by atoms with Crippen molar-refractivity contribution in [2.24, 2.45) is 0 Å². The number of H-pyrrole nitrogens is 1. The first-order valence-electron chi connectivity index (χ1n) is 13.2. The quantitative estimate of drug-likeness (QED) is 0.281. The maximum Gasteiger partial charge on any atom is 0.256 e. The van der Waals surface area contributed by atoms with Crippen molar-refractivity contribution in [2.75, 3.05) is 31.5 Å². The van der Waals surface area contributed by atoms with Crippen LogP contribution in [0.4, 0.5) is 5.69 Å². The SMILES string of the molecule is CCN(CC)CCNC(=O)c1c(C)[nH]c(/C=C2\C(=O)Nc3ccc(-c4ccnn4-c4ccccn4)cc32)c1C. The van der Waals surface area contributed by atoms with E-state index >= 15 is 0 Å². The summed E-state index contributed by atoms with van der Waals surface area (Å²) in [5, 5.41) is 10.4. The van der Waals surface area contributed by atoms with E-state index in [1.807, 2.05) is 62.4 Å². The second-order valence-corrected chi connectivity index (χ2v) is 9.54. The zero-order chi connectivity index (χ0) is 27.5. The summed E-state index contributed by atoms with van der Waals surface area (Å²) in [5.41, 5.74) is 6.79. The summed E-state index contributed by atoms with van der Waals surface area (Å²) in [7, 11) is 0. The number of carbonyl (C=O) groups is 2. The van der Waals surface area contributed by atoms with E-state index in [0.29, 0.717) is 23.5 Å². The Balaban J connectivity index is 1.44. The molecule has 9 heteroatoms. The first-order valence-corrected chi connectivity index (χ1v) is 13.2. The molecule has 0 unspecified atom stereocenters. The van der Waals surface area contributed by atoms with Gasteiger partial charge in [-0.3, -0.25) is 9.59 Å². The van der Waals surface area contributed by atoms with Gasteiger partial charge >= 0.3 is 0 Å². The molecular weight excluding hydrogens is 490 g/mol. The van der Waals surface area contributed by atoms with Crippen molar-refractivity contribution in [1.29, 1.82) is 0 Å². The van der Waals surface area contributed by atoms with Gasteiger partial charge in [-0.15, -0.1) is 0 Å². The molecule has 5 rings (SSSR count). The molecule has 0 aliphatic carbocycles. The van der Waals surface area contributed by atoms with Crippen molar-refractivity contribution < 1.29 is 9.59 Å². The molecular formula is C30H33N7O2. The Morgan fingerprint density at radius 2 is 1.92 bits per heavy atom. The average Bonchev–Trinajstić information content (AvgIpc) is 3.63. The maximum atomic E-state index is 13.0. The van der Waals surface area contributed by atoms with Crippen LogP contribution in [0.5, 0.6) is 0 Å². The van der Waals surface area contributed by atoms with Crippen molar-refractivity contribution in [3.05, 3.63) is 82.9 Å². The number of aromatic nitrogens is 4. The van der Waals surface area contributed by atoms with Gasteiger partial charge in [0.1, 0.15) is 0 Å². The zero-order valence-corrected chi connectivity index (χ0v) is 22.7. The molecule has 9 nitrogen and oxygen atoms in total. The van der Waals surface area contributed by atoms with Crippen molar-refractivity contribution >= 4 is 29.2 Å². The van der Waals surface area contributed by atoms with E-state index in [2.05, 4.69) is 44.4 Å². The number of benzene rings is 1. The molecule has 1 aliphatic heterocycles. The number of pyridine rings is 1. The molecule has 3 N–H and O–H groups in total. The highest BCUT2D eigenvalue weighted by atomic mass is 16.2.